The number of halogens is 4. The fourth-order valence-electron chi connectivity index (χ4n) is 2.44. The number of nitrogens with zero attached hydrogens (tertiary/aromatic N) is 1. The maximum atomic E-state index is 12.6. The lowest BCUT2D eigenvalue weighted by Crippen LogP contribution is -2.24. The van der Waals surface area contributed by atoms with Crippen molar-refractivity contribution in [2.24, 2.45) is 0 Å². The number of benzene rings is 2. The molecule has 0 aliphatic rings. The summed E-state index contributed by atoms with van der Waals surface area (Å²) in [5.74, 6) is -0.477. The Hall–Kier alpha value is -3.23. The number of ether oxygens (including phenoxy) is 3. The summed E-state index contributed by atoms with van der Waals surface area (Å²) in [6.07, 6.45) is 2.43. The van der Waals surface area contributed by atoms with E-state index < -0.39 is 24.9 Å². The number of carbonyl (C=O) groups is 1. The Bertz CT molecular complexity index is 858. The van der Waals surface area contributed by atoms with Crippen molar-refractivity contribution in [1.82, 2.24) is 4.90 Å². The third kappa shape index (κ3) is 7.02. The van der Waals surface area contributed by atoms with Gasteiger partial charge in [-0.15, -0.1) is 0 Å². The van der Waals surface area contributed by atoms with Crippen molar-refractivity contribution >= 4 is 12.0 Å². The highest BCUT2D eigenvalue weighted by Crippen LogP contribution is 2.28. The highest BCUT2D eigenvalue weighted by molar-refractivity contribution is 5.92. The summed E-state index contributed by atoms with van der Waals surface area (Å²) < 4.78 is 63.5. The van der Waals surface area contributed by atoms with Crippen LogP contribution >= 0.6 is 0 Å². The van der Waals surface area contributed by atoms with Crippen LogP contribution in [-0.4, -0.2) is 38.2 Å². The summed E-state index contributed by atoms with van der Waals surface area (Å²) >= 11 is 0. The van der Waals surface area contributed by atoms with Gasteiger partial charge in [-0.2, -0.15) is 17.6 Å². The van der Waals surface area contributed by atoms with Crippen LogP contribution in [0.2, 0.25) is 0 Å². The van der Waals surface area contributed by atoms with E-state index in [1.165, 1.54) is 30.2 Å². The molecule has 2 aromatic rings. The monoisotopic (exact) mass is 413 g/mol. The highest BCUT2D eigenvalue weighted by atomic mass is 19.3. The van der Waals surface area contributed by atoms with E-state index in [4.69, 9.17) is 4.74 Å². The molecule has 0 atom stereocenters. The normalized spacial score (nSPS) is 11.2. The molecule has 156 valence electrons. The van der Waals surface area contributed by atoms with Crippen molar-refractivity contribution in [3.63, 3.8) is 0 Å². The molecule has 0 aliphatic carbocycles. The number of rotatable bonds is 9. The molecule has 9 heteroatoms. The molecule has 0 N–H and O–H groups in total. The SMILES string of the molecule is COc1cccc(CN(C)C(=O)/C=C/c2ccc(OC(F)F)cc2OC(F)F)c1. The van der Waals surface area contributed by atoms with E-state index in [2.05, 4.69) is 9.47 Å². The Morgan fingerprint density at radius 2 is 1.76 bits per heavy atom. The van der Waals surface area contributed by atoms with E-state index >= 15 is 0 Å². The van der Waals surface area contributed by atoms with E-state index in [9.17, 15) is 22.4 Å². The van der Waals surface area contributed by atoms with Crippen LogP contribution < -0.4 is 14.2 Å². The zero-order chi connectivity index (χ0) is 21.4. The van der Waals surface area contributed by atoms with Gasteiger partial charge in [-0.05, 0) is 35.9 Å². The predicted molar refractivity (Wildman–Crippen MR) is 98.2 cm³/mol. The maximum Gasteiger partial charge on any atom is 0.387 e. The average molecular weight is 413 g/mol. The Morgan fingerprint density at radius 1 is 1.03 bits per heavy atom. The number of hydrogen-bond donors (Lipinski definition) is 0. The van der Waals surface area contributed by atoms with E-state index in [1.54, 1.807) is 25.2 Å². The fourth-order valence-corrected chi connectivity index (χ4v) is 2.44. The van der Waals surface area contributed by atoms with Crippen LogP contribution in [0.3, 0.4) is 0 Å². The second kappa shape index (κ2) is 10.4. The summed E-state index contributed by atoms with van der Waals surface area (Å²) in [4.78, 5) is 13.7. The lowest BCUT2D eigenvalue weighted by atomic mass is 10.1. The molecule has 0 fully saturated rings. The molecule has 0 saturated heterocycles. The van der Waals surface area contributed by atoms with Gasteiger partial charge in [0.2, 0.25) is 5.91 Å². The first kappa shape index (κ1) is 22.1. The molecule has 0 saturated carbocycles. The van der Waals surface area contributed by atoms with Crippen molar-refractivity contribution in [3.8, 4) is 17.2 Å². The topological polar surface area (TPSA) is 48.0 Å². The average Bonchev–Trinajstić information content (AvgIpc) is 2.66. The highest BCUT2D eigenvalue weighted by Gasteiger charge is 2.13. The quantitative estimate of drug-likeness (QED) is 0.446. The standard InChI is InChI=1S/C20H19F4NO4/c1-25(12-13-4-3-5-15(10-13)27-2)18(26)9-7-14-6-8-16(28-19(21)22)11-17(14)29-20(23)24/h3-11,19-20H,12H2,1-2H3/b9-7+. The summed E-state index contributed by atoms with van der Waals surface area (Å²) in [6, 6.07) is 10.5. The van der Waals surface area contributed by atoms with Crippen LogP contribution in [0, 0.1) is 0 Å². The summed E-state index contributed by atoms with van der Waals surface area (Å²) in [5.41, 5.74) is 0.943. The van der Waals surface area contributed by atoms with Gasteiger partial charge in [0.05, 0.1) is 7.11 Å². The van der Waals surface area contributed by atoms with Gasteiger partial charge in [0.15, 0.2) is 0 Å². The first-order valence-electron chi connectivity index (χ1n) is 8.38. The van der Waals surface area contributed by atoms with Gasteiger partial charge in [0.1, 0.15) is 17.2 Å². The second-order valence-electron chi connectivity index (χ2n) is 5.84. The zero-order valence-electron chi connectivity index (χ0n) is 15.7. The van der Waals surface area contributed by atoms with Crippen molar-refractivity contribution < 1.29 is 36.6 Å². The molecule has 0 aromatic heterocycles. The van der Waals surface area contributed by atoms with E-state index in [0.29, 0.717) is 12.3 Å². The third-order valence-corrected chi connectivity index (χ3v) is 3.76. The molecule has 2 aromatic carbocycles. The van der Waals surface area contributed by atoms with E-state index in [-0.39, 0.29) is 11.3 Å². The molecule has 0 spiro atoms. The second-order valence-corrected chi connectivity index (χ2v) is 5.84. The number of amides is 1. The minimum atomic E-state index is -3.17. The predicted octanol–water partition coefficient (Wildman–Crippen LogP) is 4.57. The first-order valence-corrected chi connectivity index (χ1v) is 8.38. The Kier molecular flexibility index (Phi) is 7.88. The van der Waals surface area contributed by atoms with Gasteiger partial charge < -0.3 is 19.1 Å². The van der Waals surface area contributed by atoms with E-state index in [1.807, 2.05) is 6.07 Å². The molecule has 0 radical (unpaired) electrons. The van der Waals surface area contributed by atoms with Crippen LogP contribution in [0.25, 0.3) is 6.08 Å². The van der Waals surface area contributed by atoms with E-state index in [0.717, 1.165) is 17.7 Å². The molecule has 0 aliphatic heterocycles. The molecule has 29 heavy (non-hydrogen) atoms. The molecular formula is C20H19F4NO4. The number of alkyl halides is 4. The van der Waals surface area contributed by atoms with Crippen LogP contribution in [-0.2, 0) is 11.3 Å². The van der Waals surface area contributed by atoms with Crippen LogP contribution in [0.15, 0.2) is 48.5 Å². The molecule has 0 unspecified atom stereocenters. The van der Waals surface area contributed by atoms with Gasteiger partial charge in [-0.25, -0.2) is 0 Å². The van der Waals surface area contributed by atoms with Crippen LogP contribution in [0.4, 0.5) is 17.6 Å². The minimum Gasteiger partial charge on any atom is -0.497 e. The zero-order valence-corrected chi connectivity index (χ0v) is 15.7. The molecule has 0 bridgehead atoms. The molecule has 2 rings (SSSR count). The largest absolute Gasteiger partial charge is 0.497 e. The lowest BCUT2D eigenvalue weighted by Gasteiger charge is -2.16. The molecule has 5 nitrogen and oxygen atoms in total. The van der Waals surface area contributed by atoms with Gasteiger partial charge in [-0.3, -0.25) is 4.79 Å². The summed E-state index contributed by atoms with van der Waals surface area (Å²) in [6.45, 7) is -5.99. The summed E-state index contributed by atoms with van der Waals surface area (Å²) in [5, 5.41) is 0. The van der Waals surface area contributed by atoms with Crippen LogP contribution in [0.1, 0.15) is 11.1 Å². The number of likely N-dealkylation sites (N-methyl/N-ethyl adjacent to an activating group) is 1. The maximum absolute atomic E-state index is 12.6. The number of hydrogen-bond acceptors (Lipinski definition) is 4. The van der Waals surface area contributed by atoms with Gasteiger partial charge >= 0.3 is 13.2 Å². The lowest BCUT2D eigenvalue weighted by molar-refractivity contribution is -0.125. The molecular weight excluding hydrogens is 394 g/mol. The molecule has 1 amide bonds. The van der Waals surface area contributed by atoms with Gasteiger partial charge in [-0.1, -0.05) is 12.1 Å². The van der Waals surface area contributed by atoms with Gasteiger partial charge in [0, 0.05) is 31.3 Å². The Balaban J connectivity index is 2.12. The number of carbonyl (C=O) groups excluding carboxylic acids is 1. The Morgan fingerprint density at radius 3 is 2.41 bits per heavy atom. The van der Waals surface area contributed by atoms with Crippen molar-refractivity contribution in [2.75, 3.05) is 14.2 Å². The van der Waals surface area contributed by atoms with Crippen molar-refractivity contribution in [2.45, 2.75) is 19.8 Å². The first-order chi connectivity index (χ1) is 13.8. The van der Waals surface area contributed by atoms with Crippen LogP contribution in [0.5, 0.6) is 17.2 Å². The fraction of sp³-hybridized carbons (Fsp3) is 0.250. The third-order valence-electron chi connectivity index (χ3n) is 3.76. The molecule has 0 heterocycles. The summed E-state index contributed by atoms with van der Waals surface area (Å²) in [7, 11) is 3.11. The van der Waals surface area contributed by atoms with Crippen molar-refractivity contribution in [3.05, 3.63) is 59.7 Å². The Labute approximate surface area is 165 Å². The smallest absolute Gasteiger partial charge is 0.387 e. The minimum absolute atomic E-state index is 0.107. The number of methoxy groups -OCH3 is 1. The van der Waals surface area contributed by atoms with Crippen molar-refractivity contribution in [1.29, 1.82) is 0 Å². The van der Waals surface area contributed by atoms with Gasteiger partial charge in [0.25, 0.3) is 0 Å².